The average Bonchev–Trinajstić information content (AvgIpc) is 2.53. The molecule has 0 aromatic heterocycles. The zero-order valence-corrected chi connectivity index (χ0v) is 13.4. The van der Waals surface area contributed by atoms with Gasteiger partial charge in [-0.3, -0.25) is 4.79 Å². The Labute approximate surface area is 126 Å². The van der Waals surface area contributed by atoms with Crippen molar-refractivity contribution in [1.82, 2.24) is 10.2 Å². The minimum Gasteiger partial charge on any atom is -0.339 e. The van der Waals surface area contributed by atoms with Gasteiger partial charge in [-0.1, -0.05) is 12.1 Å². The van der Waals surface area contributed by atoms with Crippen LogP contribution in [0.15, 0.2) is 29.2 Å². The zero-order chi connectivity index (χ0) is 14.5. The van der Waals surface area contributed by atoms with E-state index in [2.05, 4.69) is 5.32 Å². The van der Waals surface area contributed by atoms with E-state index in [1.54, 1.807) is 11.8 Å². The molecule has 0 unspecified atom stereocenters. The summed E-state index contributed by atoms with van der Waals surface area (Å²) in [6, 6.07) is 8.88. The largest absolute Gasteiger partial charge is 0.339 e. The molecule has 1 aromatic carbocycles. The summed E-state index contributed by atoms with van der Waals surface area (Å²) >= 11 is 1.63. The minimum atomic E-state index is 0.155. The first-order valence-corrected chi connectivity index (χ1v) is 8.47. The molecule has 0 aliphatic heterocycles. The fourth-order valence-corrected chi connectivity index (χ4v) is 3.52. The molecule has 0 spiro atoms. The Hall–Kier alpha value is -1.00. The lowest BCUT2D eigenvalue weighted by Gasteiger charge is -2.34. The van der Waals surface area contributed by atoms with Crippen LogP contribution in [0.3, 0.4) is 0 Å². The van der Waals surface area contributed by atoms with E-state index in [4.69, 9.17) is 0 Å². The molecule has 1 saturated carbocycles. The van der Waals surface area contributed by atoms with Crippen LogP contribution in [-0.4, -0.2) is 43.2 Å². The molecule has 3 nitrogen and oxygen atoms in total. The van der Waals surface area contributed by atoms with Crippen LogP contribution in [0.5, 0.6) is 0 Å². The first-order valence-electron chi connectivity index (χ1n) is 7.24. The number of benzene rings is 1. The molecule has 1 N–H and O–H groups in total. The molecular weight excluding hydrogens is 268 g/mol. The molecule has 110 valence electrons. The van der Waals surface area contributed by atoms with Crippen molar-refractivity contribution < 1.29 is 4.79 Å². The molecule has 0 atom stereocenters. The second-order valence-electron chi connectivity index (χ2n) is 5.41. The fraction of sp³-hybridized carbons (Fsp3) is 0.562. The molecule has 1 amide bonds. The van der Waals surface area contributed by atoms with Crippen LogP contribution in [0.4, 0.5) is 0 Å². The van der Waals surface area contributed by atoms with Gasteiger partial charge in [0, 0.05) is 24.0 Å². The lowest BCUT2D eigenvalue weighted by Crippen LogP contribution is -2.42. The number of carbonyl (C=O) groups is 1. The second kappa shape index (κ2) is 7.14. The van der Waals surface area contributed by atoms with Crippen molar-refractivity contribution in [2.24, 2.45) is 0 Å². The molecule has 0 radical (unpaired) electrons. The summed E-state index contributed by atoms with van der Waals surface area (Å²) in [4.78, 5) is 15.7. The Balaban J connectivity index is 2.05. The normalized spacial score (nSPS) is 22.6. The molecule has 1 aliphatic carbocycles. The monoisotopic (exact) mass is 292 g/mol. The molecule has 1 aromatic rings. The van der Waals surface area contributed by atoms with E-state index < -0.39 is 0 Å². The van der Waals surface area contributed by atoms with E-state index in [-0.39, 0.29) is 5.91 Å². The summed E-state index contributed by atoms with van der Waals surface area (Å²) in [5, 5.41) is 3.34. The summed E-state index contributed by atoms with van der Waals surface area (Å²) in [7, 11) is 3.97. The highest BCUT2D eigenvalue weighted by molar-refractivity contribution is 7.98. The third-order valence-electron chi connectivity index (χ3n) is 4.31. The van der Waals surface area contributed by atoms with E-state index >= 15 is 0 Å². The Bertz CT molecular complexity index is 456. The van der Waals surface area contributed by atoms with Crippen molar-refractivity contribution in [3.8, 4) is 0 Å². The maximum atomic E-state index is 12.7. The van der Waals surface area contributed by atoms with Crippen molar-refractivity contribution in [3.63, 3.8) is 0 Å². The Morgan fingerprint density at radius 2 is 1.90 bits per heavy atom. The van der Waals surface area contributed by atoms with Gasteiger partial charge in [-0.15, -0.1) is 11.8 Å². The summed E-state index contributed by atoms with van der Waals surface area (Å²) in [5.41, 5.74) is 0.832. The Kier molecular flexibility index (Phi) is 5.49. The van der Waals surface area contributed by atoms with Gasteiger partial charge in [0.2, 0.25) is 0 Å². The fourth-order valence-electron chi connectivity index (χ4n) is 2.93. The molecule has 1 aliphatic rings. The lowest BCUT2D eigenvalue weighted by molar-refractivity contribution is 0.0682. The summed E-state index contributed by atoms with van der Waals surface area (Å²) in [6.07, 6.45) is 6.51. The van der Waals surface area contributed by atoms with Crippen molar-refractivity contribution in [1.29, 1.82) is 0 Å². The molecule has 0 saturated heterocycles. The van der Waals surface area contributed by atoms with E-state index in [1.165, 1.54) is 0 Å². The van der Waals surface area contributed by atoms with E-state index in [1.807, 2.05) is 49.5 Å². The average molecular weight is 292 g/mol. The minimum absolute atomic E-state index is 0.155. The van der Waals surface area contributed by atoms with Crippen LogP contribution in [0.2, 0.25) is 0 Å². The molecule has 2 rings (SSSR count). The van der Waals surface area contributed by atoms with Gasteiger partial charge in [-0.2, -0.15) is 0 Å². The molecule has 0 bridgehead atoms. The third-order valence-corrected chi connectivity index (χ3v) is 5.11. The summed E-state index contributed by atoms with van der Waals surface area (Å²) < 4.78 is 0. The van der Waals surface area contributed by atoms with Gasteiger partial charge in [0.15, 0.2) is 0 Å². The maximum Gasteiger partial charge on any atom is 0.254 e. The van der Waals surface area contributed by atoms with Gasteiger partial charge in [-0.25, -0.2) is 0 Å². The number of rotatable bonds is 4. The highest BCUT2D eigenvalue weighted by Crippen LogP contribution is 2.26. The van der Waals surface area contributed by atoms with E-state index in [9.17, 15) is 4.79 Å². The van der Waals surface area contributed by atoms with Gasteiger partial charge in [0.25, 0.3) is 5.91 Å². The van der Waals surface area contributed by atoms with E-state index in [0.717, 1.165) is 36.1 Å². The second-order valence-corrected chi connectivity index (χ2v) is 6.26. The first kappa shape index (κ1) is 15.4. The van der Waals surface area contributed by atoms with Gasteiger partial charge >= 0.3 is 0 Å². The number of carbonyl (C=O) groups excluding carboxylic acids is 1. The molecular formula is C16H24N2OS. The predicted molar refractivity (Wildman–Crippen MR) is 85.4 cm³/mol. The maximum absolute atomic E-state index is 12.7. The summed E-state index contributed by atoms with van der Waals surface area (Å²) in [6.45, 7) is 0. The van der Waals surface area contributed by atoms with Crippen LogP contribution in [0, 0.1) is 0 Å². The standard InChI is InChI=1S/C16H24N2OS/c1-17-12-8-10-13(11-9-12)18(2)16(19)14-6-4-5-7-15(14)20-3/h4-7,12-13,17H,8-11H2,1-3H3. The van der Waals surface area contributed by atoms with Crippen molar-refractivity contribution in [2.75, 3.05) is 20.4 Å². The predicted octanol–water partition coefficient (Wildman–Crippen LogP) is 3.01. The van der Waals surface area contributed by atoms with Crippen LogP contribution in [-0.2, 0) is 0 Å². The molecule has 1 fully saturated rings. The zero-order valence-electron chi connectivity index (χ0n) is 12.6. The molecule has 0 heterocycles. The number of hydrogen-bond acceptors (Lipinski definition) is 3. The Morgan fingerprint density at radius 1 is 1.25 bits per heavy atom. The lowest BCUT2D eigenvalue weighted by atomic mass is 9.90. The Morgan fingerprint density at radius 3 is 2.50 bits per heavy atom. The number of amides is 1. The number of thioether (sulfide) groups is 1. The van der Waals surface area contributed by atoms with E-state index in [0.29, 0.717) is 12.1 Å². The highest BCUT2D eigenvalue weighted by Gasteiger charge is 2.27. The number of hydrogen-bond donors (Lipinski definition) is 1. The molecule has 20 heavy (non-hydrogen) atoms. The van der Waals surface area contributed by atoms with Crippen molar-refractivity contribution >= 4 is 17.7 Å². The SMILES string of the molecule is CNC1CCC(N(C)C(=O)c2ccccc2SC)CC1. The van der Waals surface area contributed by atoms with Gasteiger partial charge in [-0.05, 0) is 51.1 Å². The number of nitrogens with zero attached hydrogens (tertiary/aromatic N) is 1. The van der Waals surface area contributed by atoms with Gasteiger partial charge in [0.05, 0.1) is 5.56 Å². The van der Waals surface area contributed by atoms with Crippen LogP contribution in [0.1, 0.15) is 36.0 Å². The van der Waals surface area contributed by atoms with Gasteiger partial charge in [0.1, 0.15) is 0 Å². The third kappa shape index (κ3) is 3.36. The number of nitrogens with one attached hydrogen (secondary N) is 1. The first-order chi connectivity index (χ1) is 9.67. The van der Waals surface area contributed by atoms with Crippen LogP contribution >= 0.6 is 11.8 Å². The quantitative estimate of drug-likeness (QED) is 0.866. The summed E-state index contributed by atoms with van der Waals surface area (Å²) in [5.74, 6) is 0.155. The van der Waals surface area contributed by atoms with Crippen molar-refractivity contribution in [2.45, 2.75) is 42.7 Å². The smallest absolute Gasteiger partial charge is 0.254 e. The topological polar surface area (TPSA) is 32.3 Å². The molecule has 4 heteroatoms. The van der Waals surface area contributed by atoms with Gasteiger partial charge < -0.3 is 10.2 Å². The van der Waals surface area contributed by atoms with Crippen LogP contribution in [0.25, 0.3) is 0 Å². The highest BCUT2D eigenvalue weighted by atomic mass is 32.2. The van der Waals surface area contributed by atoms with Crippen molar-refractivity contribution in [3.05, 3.63) is 29.8 Å². The van der Waals surface area contributed by atoms with Crippen LogP contribution < -0.4 is 5.32 Å².